The lowest BCUT2D eigenvalue weighted by molar-refractivity contribution is 0.259. The predicted octanol–water partition coefficient (Wildman–Crippen LogP) is 1.26. The van der Waals surface area contributed by atoms with Crippen molar-refractivity contribution in [3.05, 3.63) is 48.4 Å². The third kappa shape index (κ3) is 4.23. The van der Waals surface area contributed by atoms with Gasteiger partial charge in [0.15, 0.2) is 9.84 Å². The molecule has 0 saturated carbocycles. The molecule has 1 N–H and O–H groups in total. The molecular weight excluding hydrogens is 352 g/mol. The van der Waals surface area contributed by atoms with E-state index in [0.29, 0.717) is 5.76 Å². The van der Waals surface area contributed by atoms with Gasteiger partial charge in [0.2, 0.25) is 10.0 Å². The van der Waals surface area contributed by atoms with Gasteiger partial charge in [-0.2, -0.15) is 0 Å². The minimum absolute atomic E-state index is 0.0426. The first kappa shape index (κ1) is 18.7. The average Bonchev–Trinajstić information content (AvgIpc) is 3.00. The van der Waals surface area contributed by atoms with Gasteiger partial charge in [0.25, 0.3) is 0 Å². The van der Waals surface area contributed by atoms with E-state index in [4.69, 9.17) is 4.42 Å². The zero-order valence-corrected chi connectivity index (χ0v) is 15.3. The highest BCUT2D eigenvalue weighted by Crippen LogP contribution is 2.22. The number of rotatable bonds is 7. The van der Waals surface area contributed by atoms with E-state index in [2.05, 4.69) is 4.72 Å². The topological polar surface area (TPSA) is 96.7 Å². The van der Waals surface area contributed by atoms with E-state index in [9.17, 15) is 16.8 Å². The van der Waals surface area contributed by atoms with Crippen LogP contribution in [0.5, 0.6) is 0 Å². The number of furan rings is 1. The summed E-state index contributed by atoms with van der Waals surface area (Å²) >= 11 is 0. The fourth-order valence-electron chi connectivity index (χ4n) is 2.26. The van der Waals surface area contributed by atoms with Crippen LogP contribution in [0.4, 0.5) is 0 Å². The normalized spacial score (nSPS) is 14.0. The SMILES string of the molecule is CN(C)C(CNS(=O)(=O)c1ccccc1S(C)(=O)=O)c1ccco1. The molecular formula is C15H20N2O5S2. The molecule has 2 aromatic rings. The molecule has 0 aliphatic carbocycles. The Hall–Kier alpha value is -1.68. The maximum atomic E-state index is 12.6. The Kier molecular flexibility index (Phi) is 5.49. The summed E-state index contributed by atoms with van der Waals surface area (Å²) in [6.07, 6.45) is 2.49. The van der Waals surface area contributed by atoms with Crippen LogP contribution in [0.2, 0.25) is 0 Å². The Morgan fingerprint density at radius 2 is 1.67 bits per heavy atom. The monoisotopic (exact) mass is 372 g/mol. The van der Waals surface area contributed by atoms with Gasteiger partial charge in [-0.3, -0.25) is 4.90 Å². The molecule has 0 spiro atoms. The summed E-state index contributed by atoms with van der Waals surface area (Å²) in [5.74, 6) is 0.610. The van der Waals surface area contributed by atoms with Crippen molar-refractivity contribution in [2.24, 2.45) is 0 Å². The number of sulfonamides is 1. The summed E-state index contributed by atoms with van der Waals surface area (Å²) < 4.78 is 56.6. The maximum absolute atomic E-state index is 12.6. The van der Waals surface area contributed by atoms with Crippen molar-refractivity contribution in [3.63, 3.8) is 0 Å². The second kappa shape index (κ2) is 7.06. The predicted molar refractivity (Wildman–Crippen MR) is 89.9 cm³/mol. The lowest BCUT2D eigenvalue weighted by atomic mass is 10.2. The van der Waals surface area contributed by atoms with E-state index in [0.717, 1.165) is 6.26 Å². The largest absolute Gasteiger partial charge is 0.468 e. The van der Waals surface area contributed by atoms with Crippen LogP contribution >= 0.6 is 0 Å². The van der Waals surface area contributed by atoms with Gasteiger partial charge in [-0.15, -0.1) is 0 Å². The molecule has 9 heteroatoms. The van der Waals surface area contributed by atoms with Crippen LogP contribution < -0.4 is 4.72 Å². The van der Waals surface area contributed by atoms with Crippen LogP contribution in [0, 0.1) is 0 Å². The molecule has 1 aromatic heterocycles. The van der Waals surface area contributed by atoms with E-state index in [-0.39, 0.29) is 22.4 Å². The number of nitrogens with one attached hydrogen (secondary N) is 1. The molecule has 7 nitrogen and oxygen atoms in total. The second-order valence-corrected chi connectivity index (χ2v) is 9.29. The van der Waals surface area contributed by atoms with Crippen molar-refractivity contribution in [1.82, 2.24) is 9.62 Å². The first-order chi connectivity index (χ1) is 11.1. The maximum Gasteiger partial charge on any atom is 0.241 e. The van der Waals surface area contributed by atoms with Gasteiger partial charge in [0, 0.05) is 12.8 Å². The Balaban J connectivity index is 2.30. The summed E-state index contributed by atoms with van der Waals surface area (Å²) in [6, 6.07) is 8.68. The van der Waals surface area contributed by atoms with Crippen LogP contribution in [0.25, 0.3) is 0 Å². The minimum Gasteiger partial charge on any atom is -0.468 e. The van der Waals surface area contributed by atoms with Crippen molar-refractivity contribution >= 4 is 19.9 Å². The van der Waals surface area contributed by atoms with E-state index in [1.54, 1.807) is 26.2 Å². The Bertz CT molecular complexity index is 888. The van der Waals surface area contributed by atoms with Crippen LogP contribution in [-0.2, 0) is 19.9 Å². The summed E-state index contributed by atoms with van der Waals surface area (Å²) in [4.78, 5) is 1.32. The molecule has 1 atom stereocenters. The fourth-order valence-corrected chi connectivity index (χ4v) is 4.93. The lowest BCUT2D eigenvalue weighted by Crippen LogP contribution is -2.34. The first-order valence-corrected chi connectivity index (χ1v) is 10.5. The number of nitrogens with zero attached hydrogens (tertiary/aromatic N) is 1. The summed E-state index contributed by atoms with van der Waals surface area (Å²) in [7, 11) is -4.06. The molecule has 0 bridgehead atoms. The van der Waals surface area contributed by atoms with Crippen molar-refractivity contribution in [2.45, 2.75) is 15.8 Å². The smallest absolute Gasteiger partial charge is 0.241 e. The zero-order valence-electron chi connectivity index (χ0n) is 13.6. The van der Waals surface area contributed by atoms with Gasteiger partial charge in [-0.1, -0.05) is 12.1 Å². The quantitative estimate of drug-likeness (QED) is 0.786. The molecule has 132 valence electrons. The molecule has 0 saturated heterocycles. The lowest BCUT2D eigenvalue weighted by Gasteiger charge is -2.22. The Labute approximate surface area is 142 Å². The highest BCUT2D eigenvalue weighted by atomic mass is 32.2. The number of sulfone groups is 1. The van der Waals surface area contributed by atoms with Gasteiger partial charge >= 0.3 is 0 Å². The van der Waals surface area contributed by atoms with Gasteiger partial charge in [-0.25, -0.2) is 21.6 Å². The summed E-state index contributed by atoms with van der Waals surface area (Å²) in [5.41, 5.74) is 0. The Morgan fingerprint density at radius 3 is 2.17 bits per heavy atom. The summed E-state index contributed by atoms with van der Waals surface area (Å²) in [6.45, 7) is 0.0426. The highest BCUT2D eigenvalue weighted by Gasteiger charge is 2.25. The van der Waals surface area contributed by atoms with Gasteiger partial charge < -0.3 is 4.42 Å². The molecule has 2 rings (SSSR count). The molecule has 1 heterocycles. The fraction of sp³-hybridized carbons (Fsp3) is 0.333. The van der Waals surface area contributed by atoms with Crippen molar-refractivity contribution in [1.29, 1.82) is 0 Å². The molecule has 1 unspecified atom stereocenters. The molecule has 24 heavy (non-hydrogen) atoms. The van der Waals surface area contributed by atoms with Crippen molar-refractivity contribution in [2.75, 3.05) is 26.9 Å². The van der Waals surface area contributed by atoms with Crippen LogP contribution in [0.3, 0.4) is 0 Å². The Morgan fingerprint density at radius 1 is 1.04 bits per heavy atom. The molecule has 0 amide bonds. The van der Waals surface area contributed by atoms with E-state index in [1.165, 1.54) is 30.5 Å². The van der Waals surface area contributed by atoms with Crippen LogP contribution in [-0.4, -0.2) is 48.6 Å². The van der Waals surface area contributed by atoms with E-state index < -0.39 is 19.9 Å². The number of likely N-dealkylation sites (N-methyl/N-ethyl adjacent to an activating group) is 1. The van der Waals surface area contributed by atoms with Crippen molar-refractivity contribution in [3.8, 4) is 0 Å². The van der Waals surface area contributed by atoms with Crippen LogP contribution in [0.1, 0.15) is 11.8 Å². The molecule has 0 fully saturated rings. The van der Waals surface area contributed by atoms with Crippen LogP contribution in [0.15, 0.2) is 56.9 Å². The van der Waals surface area contributed by atoms with Gasteiger partial charge in [0.05, 0.1) is 17.2 Å². The number of hydrogen-bond donors (Lipinski definition) is 1. The van der Waals surface area contributed by atoms with E-state index in [1.807, 2.05) is 4.90 Å². The standard InChI is InChI=1S/C15H20N2O5S2/c1-17(2)12(13-7-6-10-22-13)11-16-24(20,21)15-9-5-4-8-14(15)23(3,18)19/h4-10,12,16H,11H2,1-3H3. The molecule has 0 radical (unpaired) electrons. The van der Waals surface area contributed by atoms with Gasteiger partial charge in [-0.05, 0) is 38.4 Å². The third-order valence-corrected chi connectivity index (χ3v) is 6.27. The van der Waals surface area contributed by atoms with Gasteiger partial charge in [0.1, 0.15) is 10.7 Å². The zero-order chi connectivity index (χ0) is 18.0. The number of hydrogen-bond acceptors (Lipinski definition) is 6. The van der Waals surface area contributed by atoms with Crippen molar-refractivity contribution < 1.29 is 21.3 Å². The summed E-state index contributed by atoms with van der Waals surface area (Å²) in [5, 5.41) is 0. The third-order valence-electron chi connectivity index (χ3n) is 3.50. The highest BCUT2D eigenvalue weighted by molar-refractivity contribution is 7.93. The first-order valence-electron chi connectivity index (χ1n) is 7.11. The molecule has 1 aromatic carbocycles. The second-order valence-electron chi connectivity index (χ2n) is 5.57. The van der Waals surface area contributed by atoms with E-state index >= 15 is 0 Å². The minimum atomic E-state index is -3.99. The average molecular weight is 372 g/mol. The molecule has 0 aliphatic heterocycles. The molecule has 0 aliphatic rings. The number of benzene rings is 1.